The van der Waals surface area contributed by atoms with Crippen LogP contribution in [-0.2, 0) is 26.5 Å². The number of pyridine rings is 1. The fourth-order valence-electron chi connectivity index (χ4n) is 9.34. The van der Waals surface area contributed by atoms with Crippen LogP contribution >= 0.6 is 11.3 Å². The first-order chi connectivity index (χ1) is 30.6. The molecule has 0 atom stereocenters. The maximum Gasteiger partial charge on any atom is 0.135 e. The summed E-state index contributed by atoms with van der Waals surface area (Å²) < 4.78 is 11.6. The van der Waals surface area contributed by atoms with Gasteiger partial charge in [0.2, 0.25) is 0 Å². The largest absolute Gasteiger partial charge is 0.509 e. The minimum absolute atomic E-state index is 0. The second-order valence-electron chi connectivity index (χ2n) is 17.5. The normalized spacial score (nSPS) is 13.2. The molecule has 3 aromatic heterocycles. The van der Waals surface area contributed by atoms with Gasteiger partial charge in [-0.2, -0.15) is 12.1 Å². The molecule has 10 aromatic rings. The Balaban J connectivity index is 0.00000484. The van der Waals surface area contributed by atoms with Crippen molar-refractivity contribution in [3.05, 3.63) is 210 Å². The van der Waals surface area contributed by atoms with Gasteiger partial charge in [-0.1, -0.05) is 135 Å². The fourth-order valence-corrected chi connectivity index (χ4v) is 10.6. The zero-order chi connectivity index (χ0) is 43.0. The van der Waals surface area contributed by atoms with Crippen LogP contribution < -0.4 is 14.5 Å². The van der Waals surface area contributed by atoms with Crippen molar-refractivity contribution in [3.8, 4) is 17.3 Å². The molecular weight excluding hydrogens is 984 g/mol. The number of hydrogen-bond donors (Lipinski definition) is 0. The Kier molecular flexibility index (Phi) is 10.6. The molecule has 0 amide bonds. The second kappa shape index (κ2) is 16.3. The van der Waals surface area contributed by atoms with Gasteiger partial charge < -0.3 is 19.1 Å². The predicted octanol–water partition coefficient (Wildman–Crippen LogP) is 15.1. The van der Waals surface area contributed by atoms with Crippen LogP contribution in [0.15, 0.2) is 158 Å². The van der Waals surface area contributed by atoms with Crippen molar-refractivity contribution in [1.29, 1.82) is 0 Å². The third-order valence-electron chi connectivity index (χ3n) is 12.1. The van der Waals surface area contributed by atoms with Crippen molar-refractivity contribution >= 4 is 76.1 Å². The molecule has 1 aliphatic heterocycles. The molecule has 0 unspecified atom stereocenters. The molecule has 0 bridgehead atoms. The molecule has 0 radical (unpaired) electrons. The van der Waals surface area contributed by atoms with Gasteiger partial charge in [0.05, 0.1) is 10.2 Å². The van der Waals surface area contributed by atoms with Crippen LogP contribution in [-0.4, -0.2) is 9.55 Å². The Morgan fingerprint density at radius 2 is 1.25 bits per heavy atom. The number of thiophene rings is 1. The van der Waals surface area contributed by atoms with Crippen LogP contribution in [0.2, 0.25) is 0 Å². The Morgan fingerprint density at radius 1 is 0.609 bits per heavy atom. The van der Waals surface area contributed by atoms with Gasteiger partial charge in [0.15, 0.2) is 0 Å². The molecule has 318 valence electrons. The number of anilines is 2. The summed E-state index contributed by atoms with van der Waals surface area (Å²) in [7, 11) is 0. The van der Waals surface area contributed by atoms with Crippen molar-refractivity contribution in [3.63, 3.8) is 0 Å². The molecule has 7 heteroatoms. The van der Waals surface area contributed by atoms with E-state index in [2.05, 4.69) is 208 Å². The molecule has 5 nitrogen and oxygen atoms in total. The zero-order valence-corrected chi connectivity index (χ0v) is 39.6. The van der Waals surface area contributed by atoms with Gasteiger partial charge in [0.1, 0.15) is 5.82 Å². The summed E-state index contributed by atoms with van der Waals surface area (Å²) in [5.41, 5.74) is 13.3. The van der Waals surface area contributed by atoms with Gasteiger partial charge in [0.25, 0.3) is 0 Å². The minimum atomic E-state index is -0.0543. The third-order valence-corrected chi connectivity index (χ3v) is 13.3. The molecule has 4 heterocycles. The van der Waals surface area contributed by atoms with Crippen LogP contribution in [0, 0.1) is 39.6 Å². The zero-order valence-electron chi connectivity index (χ0n) is 36.5. The van der Waals surface area contributed by atoms with E-state index in [1.807, 2.05) is 35.7 Å². The average molecular weight is 1030 g/mol. The SMILES string of the molecule is Cc1cc(C)c(N2[CH-]N(c3[c-]c(Oc4[c-]c5c(cc4)c4ccc6c7ccccc7sc6c4n5-c4cc(C(C)(C)C)ccn4)ccc3)C(c3ccccc3)=C2c2ccccc2)c(C)c1.[Pt]. The van der Waals surface area contributed by atoms with E-state index in [1.165, 1.54) is 42.4 Å². The number of rotatable bonds is 7. The predicted molar refractivity (Wildman–Crippen MR) is 264 cm³/mol. The van der Waals surface area contributed by atoms with E-state index >= 15 is 0 Å². The minimum Gasteiger partial charge on any atom is -0.509 e. The number of ether oxygens (including phenoxy) is 1. The third kappa shape index (κ3) is 7.10. The Hall–Kier alpha value is -6.46. The summed E-state index contributed by atoms with van der Waals surface area (Å²) in [6.45, 7) is 15.5. The summed E-state index contributed by atoms with van der Waals surface area (Å²) in [6.07, 6.45) is 1.93. The van der Waals surface area contributed by atoms with Crippen LogP contribution in [0.4, 0.5) is 11.4 Å². The van der Waals surface area contributed by atoms with Crippen LogP contribution in [0.5, 0.6) is 11.5 Å². The fraction of sp³-hybridized carbons (Fsp3) is 0.123. The molecule has 1 aliphatic rings. The summed E-state index contributed by atoms with van der Waals surface area (Å²) in [5, 5.41) is 4.76. The average Bonchev–Trinajstić information content (AvgIpc) is 3.97. The van der Waals surface area contributed by atoms with Crippen LogP contribution in [0.1, 0.15) is 54.2 Å². The van der Waals surface area contributed by atoms with Crippen LogP contribution in [0.3, 0.4) is 0 Å². The monoisotopic (exact) mass is 1030 g/mol. The van der Waals surface area contributed by atoms with E-state index in [-0.39, 0.29) is 26.5 Å². The smallest absolute Gasteiger partial charge is 0.135 e. The molecule has 11 rings (SSSR count). The summed E-state index contributed by atoms with van der Waals surface area (Å²) in [4.78, 5) is 9.61. The van der Waals surface area contributed by atoms with Gasteiger partial charge in [-0.15, -0.1) is 59.4 Å². The Bertz CT molecular complexity index is 3410. The van der Waals surface area contributed by atoms with Crippen molar-refractivity contribution < 1.29 is 25.8 Å². The Morgan fingerprint density at radius 3 is 1.97 bits per heavy atom. The maximum absolute atomic E-state index is 6.79. The van der Waals surface area contributed by atoms with Crippen molar-refractivity contribution in [2.75, 3.05) is 9.80 Å². The summed E-state index contributed by atoms with van der Waals surface area (Å²) in [6, 6.07) is 61.1. The first-order valence-electron chi connectivity index (χ1n) is 21.4. The Labute approximate surface area is 393 Å². The molecule has 0 fully saturated rings. The van der Waals surface area contributed by atoms with E-state index in [4.69, 9.17) is 9.72 Å². The quantitative estimate of drug-likeness (QED) is 0.149. The molecule has 7 aromatic carbocycles. The van der Waals surface area contributed by atoms with E-state index in [9.17, 15) is 0 Å². The second-order valence-corrected chi connectivity index (χ2v) is 18.6. The first-order valence-corrected chi connectivity index (χ1v) is 22.3. The number of aryl methyl sites for hydroxylation is 3. The molecule has 0 N–H and O–H groups in total. The number of fused-ring (bicyclic) bond motifs is 7. The topological polar surface area (TPSA) is 33.5 Å². The van der Waals surface area contributed by atoms with Crippen molar-refractivity contribution in [2.24, 2.45) is 0 Å². The van der Waals surface area contributed by atoms with Gasteiger partial charge in [-0.05, 0) is 77.6 Å². The maximum atomic E-state index is 6.79. The van der Waals surface area contributed by atoms with Crippen molar-refractivity contribution in [2.45, 2.75) is 47.0 Å². The first kappa shape index (κ1) is 41.5. The standard InChI is InChI=1S/C57H45N4OS.Pt/c1-36-30-37(2)52(38(3)31-36)60-35-59(53(39-16-9-7-10-17-39)54(60)40-18-11-8-12-19-40)42-20-15-21-43(33-42)62-44-24-25-45-47-26-27-48-46-22-13-14-23-50(46)63-56(48)55(47)61(49(45)34-44)51-32-41(28-29-58-51)57(4,5)6;/h7-32,35H,1-6H3;/q-3;. The summed E-state index contributed by atoms with van der Waals surface area (Å²) in [5.74, 6) is 2.05. The summed E-state index contributed by atoms with van der Waals surface area (Å²) >= 11 is 1.83. The van der Waals surface area contributed by atoms with Crippen molar-refractivity contribution in [1.82, 2.24) is 9.55 Å². The number of hydrogen-bond acceptors (Lipinski definition) is 5. The van der Waals surface area contributed by atoms with Crippen LogP contribution in [0.25, 0.3) is 59.2 Å². The molecule has 0 saturated heterocycles. The van der Waals surface area contributed by atoms with Gasteiger partial charge in [-0.3, -0.25) is 0 Å². The van der Waals surface area contributed by atoms with E-state index in [0.717, 1.165) is 61.5 Å². The molecule has 0 aliphatic carbocycles. The number of benzene rings is 7. The number of aromatic nitrogens is 2. The van der Waals surface area contributed by atoms with Gasteiger partial charge in [-0.25, -0.2) is 4.98 Å². The molecule has 0 saturated carbocycles. The van der Waals surface area contributed by atoms with E-state index in [1.54, 1.807) is 0 Å². The number of nitrogens with zero attached hydrogens (tertiary/aromatic N) is 4. The van der Waals surface area contributed by atoms with Gasteiger partial charge >= 0.3 is 0 Å². The van der Waals surface area contributed by atoms with Gasteiger partial charge in [0, 0.05) is 71.3 Å². The molecule has 64 heavy (non-hydrogen) atoms. The molecular formula is C57H45N4OPtS-3. The van der Waals surface area contributed by atoms with E-state index in [0.29, 0.717) is 11.5 Å². The molecule has 0 spiro atoms. The van der Waals surface area contributed by atoms with E-state index < -0.39 is 0 Å².